The Balaban J connectivity index is 2.10. The van der Waals surface area contributed by atoms with Crippen molar-refractivity contribution in [3.8, 4) is 0 Å². The van der Waals surface area contributed by atoms with Gasteiger partial charge in [-0.25, -0.2) is 9.48 Å². The second-order valence-corrected chi connectivity index (χ2v) is 5.46. The fourth-order valence-corrected chi connectivity index (χ4v) is 2.92. The molecule has 2 rings (SSSR count). The van der Waals surface area contributed by atoms with Crippen LogP contribution < -0.4 is 11.0 Å². The first-order valence-corrected chi connectivity index (χ1v) is 7.02. The lowest BCUT2D eigenvalue weighted by Gasteiger charge is -2.31. The molecule has 7 heteroatoms. The maximum Gasteiger partial charge on any atom is 0.345 e. The predicted octanol–water partition coefficient (Wildman–Crippen LogP) is -0.671. The van der Waals surface area contributed by atoms with Gasteiger partial charge in [-0.05, 0) is 18.8 Å². The Labute approximate surface area is 117 Å². The van der Waals surface area contributed by atoms with E-state index in [9.17, 15) is 9.59 Å². The SMILES string of the molecule is Cn1nc(C[C@H]2CCCC[C@H]2NC(=O)CO)n(C)c1=O. The van der Waals surface area contributed by atoms with Crippen LogP contribution >= 0.6 is 0 Å². The first-order chi connectivity index (χ1) is 9.52. The van der Waals surface area contributed by atoms with E-state index in [1.54, 1.807) is 18.7 Å². The zero-order valence-electron chi connectivity index (χ0n) is 12.0. The maximum atomic E-state index is 11.7. The van der Waals surface area contributed by atoms with Gasteiger partial charge in [0.25, 0.3) is 0 Å². The summed E-state index contributed by atoms with van der Waals surface area (Å²) in [7, 11) is 3.35. The van der Waals surface area contributed by atoms with Gasteiger partial charge in [0.2, 0.25) is 5.91 Å². The molecule has 2 atom stereocenters. The van der Waals surface area contributed by atoms with Crippen LogP contribution in [0.2, 0.25) is 0 Å². The number of hydrogen-bond acceptors (Lipinski definition) is 4. The van der Waals surface area contributed by atoms with Gasteiger partial charge in [-0.15, -0.1) is 0 Å². The molecule has 0 saturated heterocycles. The van der Waals surface area contributed by atoms with Gasteiger partial charge in [0.1, 0.15) is 12.4 Å². The highest BCUT2D eigenvalue weighted by atomic mass is 16.3. The lowest BCUT2D eigenvalue weighted by Crippen LogP contribution is -2.44. The summed E-state index contributed by atoms with van der Waals surface area (Å²) in [5, 5.41) is 16.0. The number of aromatic nitrogens is 3. The molecule has 1 amide bonds. The van der Waals surface area contributed by atoms with Gasteiger partial charge in [-0.1, -0.05) is 12.8 Å². The third kappa shape index (κ3) is 3.09. The molecule has 112 valence electrons. The predicted molar refractivity (Wildman–Crippen MR) is 73.1 cm³/mol. The second kappa shape index (κ2) is 6.21. The third-order valence-electron chi connectivity index (χ3n) is 4.06. The van der Waals surface area contributed by atoms with Crippen molar-refractivity contribution in [3.05, 3.63) is 16.3 Å². The van der Waals surface area contributed by atoms with Crippen LogP contribution in [0.4, 0.5) is 0 Å². The van der Waals surface area contributed by atoms with Crippen molar-refractivity contribution >= 4 is 5.91 Å². The molecule has 1 fully saturated rings. The molecule has 0 unspecified atom stereocenters. The molecule has 1 saturated carbocycles. The monoisotopic (exact) mass is 282 g/mol. The fraction of sp³-hybridized carbons (Fsp3) is 0.769. The summed E-state index contributed by atoms with van der Waals surface area (Å²) in [6.45, 7) is -0.481. The number of amides is 1. The summed E-state index contributed by atoms with van der Waals surface area (Å²) in [6.07, 6.45) is 4.78. The summed E-state index contributed by atoms with van der Waals surface area (Å²) in [6, 6.07) is 0.0560. The van der Waals surface area contributed by atoms with E-state index >= 15 is 0 Å². The first-order valence-electron chi connectivity index (χ1n) is 7.02. The van der Waals surface area contributed by atoms with E-state index in [2.05, 4.69) is 10.4 Å². The van der Waals surface area contributed by atoms with E-state index in [1.807, 2.05) is 0 Å². The average Bonchev–Trinajstić information content (AvgIpc) is 2.68. The summed E-state index contributed by atoms with van der Waals surface area (Å²) in [4.78, 5) is 23.1. The van der Waals surface area contributed by atoms with Gasteiger partial charge in [0.05, 0.1) is 0 Å². The second-order valence-electron chi connectivity index (χ2n) is 5.46. The highest BCUT2D eigenvalue weighted by Crippen LogP contribution is 2.26. The number of hydrogen-bond donors (Lipinski definition) is 2. The van der Waals surface area contributed by atoms with E-state index in [1.165, 1.54) is 4.68 Å². The number of nitrogens with zero attached hydrogens (tertiary/aromatic N) is 3. The smallest absolute Gasteiger partial charge is 0.345 e. The molecule has 7 nitrogen and oxygen atoms in total. The van der Waals surface area contributed by atoms with Crippen molar-refractivity contribution in [2.45, 2.75) is 38.1 Å². The zero-order chi connectivity index (χ0) is 14.7. The molecular formula is C13H22N4O3. The number of aliphatic hydroxyl groups is 1. The third-order valence-corrected chi connectivity index (χ3v) is 4.06. The number of carbonyl (C=O) groups excluding carboxylic acids is 1. The van der Waals surface area contributed by atoms with Crippen LogP contribution in [0.5, 0.6) is 0 Å². The van der Waals surface area contributed by atoms with Crippen LogP contribution in [0, 0.1) is 5.92 Å². The number of rotatable bonds is 4. The van der Waals surface area contributed by atoms with Crippen molar-refractivity contribution in [1.82, 2.24) is 19.7 Å². The van der Waals surface area contributed by atoms with Crippen molar-refractivity contribution in [2.75, 3.05) is 6.61 Å². The molecule has 1 aliphatic rings. The van der Waals surface area contributed by atoms with E-state index in [-0.39, 0.29) is 23.6 Å². The lowest BCUT2D eigenvalue weighted by atomic mass is 9.82. The zero-order valence-corrected chi connectivity index (χ0v) is 12.0. The first kappa shape index (κ1) is 14.8. The van der Waals surface area contributed by atoms with Gasteiger partial charge >= 0.3 is 5.69 Å². The summed E-state index contributed by atoms with van der Waals surface area (Å²) in [5.41, 5.74) is -0.133. The van der Waals surface area contributed by atoms with Crippen LogP contribution in [0.1, 0.15) is 31.5 Å². The lowest BCUT2D eigenvalue weighted by molar-refractivity contribution is -0.125. The highest BCUT2D eigenvalue weighted by Gasteiger charge is 2.28. The van der Waals surface area contributed by atoms with Crippen molar-refractivity contribution in [1.29, 1.82) is 0 Å². The Morgan fingerprint density at radius 3 is 2.70 bits per heavy atom. The molecule has 2 N–H and O–H groups in total. The van der Waals surface area contributed by atoms with Crippen molar-refractivity contribution < 1.29 is 9.90 Å². The summed E-state index contributed by atoms with van der Waals surface area (Å²) < 4.78 is 2.89. The average molecular weight is 282 g/mol. The van der Waals surface area contributed by atoms with E-state index in [0.717, 1.165) is 31.5 Å². The Bertz CT molecular complexity index is 534. The normalized spacial score (nSPS) is 22.8. The van der Waals surface area contributed by atoms with Crippen LogP contribution in [0.15, 0.2) is 4.79 Å². The minimum atomic E-state index is -0.481. The van der Waals surface area contributed by atoms with Crippen LogP contribution in [-0.4, -0.2) is 38.0 Å². The molecule has 0 aliphatic heterocycles. The Kier molecular flexibility index (Phi) is 4.59. The maximum absolute atomic E-state index is 11.7. The quantitative estimate of drug-likeness (QED) is 0.766. The molecule has 0 aromatic carbocycles. The van der Waals surface area contributed by atoms with E-state index in [4.69, 9.17) is 5.11 Å². The molecule has 0 bridgehead atoms. The van der Waals surface area contributed by atoms with Gasteiger partial charge in [-0.2, -0.15) is 5.10 Å². The molecule has 20 heavy (non-hydrogen) atoms. The topological polar surface area (TPSA) is 89.2 Å². The van der Waals surface area contributed by atoms with Gasteiger partial charge in [0.15, 0.2) is 0 Å². The van der Waals surface area contributed by atoms with Crippen LogP contribution in [-0.2, 0) is 25.3 Å². The van der Waals surface area contributed by atoms with Gasteiger partial charge in [0, 0.05) is 26.6 Å². The largest absolute Gasteiger partial charge is 0.387 e. The van der Waals surface area contributed by atoms with Crippen molar-refractivity contribution in [2.24, 2.45) is 20.0 Å². The standard InChI is InChI=1S/C13H22N4O3/c1-16-11(15-17(2)13(16)20)7-9-5-3-4-6-10(9)14-12(19)8-18/h9-10,18H,3-8H2,1-2H3,(H,14,19)/t9-,10-/m1/s1. The molecule has 1 aliphatic carbocycles. The summed E-state index contributed by atoms with van der Waals surface area (Å²) >= 11 is 0. The number of aryl methyl sites for hydroxylation is 1. The molecule has 0 spiro atoms. The number of aliphatic hydroxyl groups excluding tert-OH is 1. The Morgan fingerprint density at radius 2 is 2.10 bits per heavy atom. The summed E-state index contributed by atoms with van der Waals surface area (Å²) in [5.74, 6) is 0.671. The number of carbonyl (C=O) groups is 1. The Hall–Kier alpha value is -1.63. The van der Waals surface area contributed by atoms with Crippen molar-refractivity contribution in [3.63, 3.8) is 0 Å². The van der Waals surface area contributed by atoms with Gasteiger partial charge in [-0.3, -0.25) is 9.36 Å². The van der Waals surface area contributed by atoms with Gasteiger partial charge < -0.3 is 10.4 Å². The minimum Gasteiger partial charge on any atom is -0.387 e. The van der Waals surface area contributed by atoms with E-state index in [0.29, 0.717) is 6.42 Å². The van der Waals surface area contributed by atoms with Crippen LogP contribution in [0.25, 0.3) is 0 Å². The molecule has 1 heterocycles. The molecule has 1 aromatic rings. The van der Waals surface area contributed by atoms with E-state index < -0.39 is 6.61 Å². The fourth-order valence-electron chi connectivity index (χ4n) is 2.92. The minimum absolute atomic E-state index is 0.0560. The number of nitrogens with one attached hydrogen (secondary N) is 1. The Morgan fingerprint density at radius 1 is 1.40 bits per heavy atom. The molecule has 0 radical (unpaired) electrons. The molecular weight excluding hydrogens is 260 g/mol. The molecule has 1 aromatic heterocycles. The highest BCUT2D eigenvalue weighted by molar-refractivity contribution is 5.77. The van der Waals surface area contributed by atoms with Crippen LogP contribution in [0.3, 0.4) is 0 Å².